The lowest BCUT2D eigenvalue weighted by molar-refractivity contribution is -0.190. The summed E-state index contributed by atoms with van der Waals surface area (Å²) in [6, 6.07) is 0. The molecular weight excluding hydrogens is 313 g/mol. The number of rotatable bonds is 2. The molecule has 0 aromatic heterocycles. The van der Waals surface area contributed by atoms with E-state index in [1.54, 1.807) is 6.92 Å². The fraction of sp³-hybridized carbons (Fsp3) is 0.833. The summed E-state index contributed by atoms with van der Waals surface area (Å²) in [6.45, 7) is 2.67. The van der Waals surface area contributed by atoms with Crippen molar-refractivity contribution in [3.05, 3.63) is 11.8 Å². The van der Waals surface area contributed by atoms with E-state index >= 15 is 0 Å². The van der Waals surface area contributed by atoms with Gasteiger partial charge in [-0.15, -0.1) is 0 Å². The molecule has 1 saturated carbocycles. The maximum atomic E-state index is 12.4. The third-order valence-electron chi connectivity index (χ3n) is 4.37. The van der Waals surface area contributed by atoms with E-state index in [-0.39, 0.29) is 17.6 Å². The van der Waals surface area contributed by atoms with Crippen molar-refractivity contribution in [2.45, 2.75) is 31.1 Å². The third kappa shape index (κ3) is 2.25. The molecule has 1 aliphatic heterocycles. The molecule has 1 spiro atoms. The van der Waals surface area contributed by atoms with E-state index in [9.17, 15) is 21.6 Å². The molecule has 2 aliphatic carbocycles. The van der Waals surface area contributed by atoms with E-state index < -0.39 is 27.3 Å². The van der Waals surface area contributed by atoms with E-state index in [0.717, 1.165) is 0 Å². The number of hydrogen-bond donors (Lipinski definition) is 0. The van der Waals surface area contributed by atoms with Gasteiger partial charge in [-0.05, 0) is 18.4 Å². The van der Waals surface area contributed by atoms with Gasteiger partial charge in [-0.1, -0.05) is 6.92 Å². The van der Waals surface area contributed by atoms with Crippen molar-refractivity contribution in [3.8, 4) is 0 Å². The molecule has 3 rings (SSSR count). The van der Waals surface area contributed by atoms with E-state index in [0.29, 0.717) is 26.1 Å². The first-order chi connectivity index (χ1) is 9.66. The Kier molecular flexibility index (Phi) is 3.31. The molecular formula is C12H15F3O5S. The molecule has 0 radical (unpaired) electrons. The van der Waals surface area contributed by atoms with Gasteiger partial charge in [0.15, 0.2) is 5.79 Å². The summed E-state index contributed by atoms with van der Waals surface area (Å²) in [6.07, 6.45) is 2.44. The Balaban J connectivity index is 1.83. The summed E-state index contributed by atoms with van der Waals surface area (Å²) in [5, 5.41) is 0. The molecule has 3 atom stereocenters. The lowest BCUT2D eigenvalue weighted by Crippen LogP contribution is -2.38. The summed E-state index contributed by atoms with van der Waals surface area (Å²) in [4.78, 5) is 0. The Morgan fingerprint density at radius 2 is 1.95 bits per heavy atom. The van der Waals surface area contributed by atoms with E-state index in [1.807, 2.05) is 0 Å². The third-order valence-corrected chi connectivity index (χ3v) is 5.35. The molecule has 21 heavy (non-hydrogen) atoms. The highest BCUT2D eigenvalue weighted by Gasteiger charge is 2.60. The zero-order valence-electron chi connectivity index (χ0n) is 11.2. The van der Waals surface area contributed by atoms with Gasteiger partial charge in [0.25, 0.3) is 0 Å². The molecule has 1 heterocycles. The summed E-state index contributed by atoms with van der Waals surface area (Å²) >= 11 is 0. The van der Waals surface area contributed by atoms with Crippen LogP contribution in [0.4, 0.5) is 13.2 Å². The SMILES string of the molecule is C[C@H]1C=C(OS(=O)(=O)C(F)(F)F)[C@@H]2CCC3(OCCO3)[C@H]12. The van der Waals surface area contributed by atoms with Crippen LogP contribution in [-0.2, 0) is 23.8 Å². The molecule has 0 aromatic carbocycles. The normalized spacial score (nSPS) is 35.0. The Labute approximate surface area is 120 Å². The van der Waals surface area contributed by atoms with Crippen molar-refractivity contribution < 1.29 is 35.2 Å². The fourth-order valence-electron chi connectivity index (χ4n) is 3.65. The van der Waals surface area contributed by atoms with Crippen molar-refractivity contribution in [3.63, 3.8) is 0 Å². The Bertz CT molecular complexity index is 562. The molecule has 5 nitrogen and oxygen atoms in total. The number of alkyl halides is 3. The molecule has 3 aliphatic rings. The predicted octanol–water partition coefficient (Wildman–Crippen LogP) is 2.16. The minimum Gasteiger partial charge on any atom is -0.381 e. The highest BCUT2D eigenvalue weighted by Crippen LogP contribution is 2.56. The standard InChI is InChI=1S/C12H15F3O5S/c1-7-6-9(20-21(16,17)12(13,14)15)8-2-3-11(10(7)8)18-4-5-19-11/h6-8,10H,2-5H2,1H3/t7-,8-,10+/m0/s1. The average molecular weight is 328 g/mol. The Hall–Kier alpha value is -0.800. The van der Waals surface area contributed by atoms with Crippen LogP contribution >= 0.6 is 0 Å². The smallest absolute Gasteiger partial charge is 0.381 e. The zero-order chi connectivity index (χ0) is 15.5. The number of halogens is 3. The molecule has 120 valence electrons. The number of allylic oxidation sites excluding steroid dienone is 2. The van der Waals surface area contributed by atoms with Crippen LogP contribution in [0.2, 0.25) is 0 Å². The maximum absolute atomic E-state index is 12.4. The van der Waals surface area contributed by atoms with Crippen molar-refractivity contribution in [1.82, 2.24) is 0 Å². The van der Waals surface area contributed by atoms with Gasteiger partial charge in [0.1, 0.15) is 5.76 Å². The van der Waals surface area contributed by atoms with Gasteiger partial charge in [0.05, 0.1) is 13.2 Å². The van der Waals surface area contributed by atoms with Crippen LogP contribution in [0.1, 0.15) is 19.8 Å². The highest BCUT2D eigenvalue weighted by molar-refractivity contribution is 7.87. The first kappa shape index (κ1) is 15.1. The second-order valence-electron chi connectivity index (χ2n) is 5.59. The van der Waals surface area contributed by atoms with Crippen LogP contribution in [0.25, 0.3) is 0 Å². The van der Waals surface area contributed by atoms with Crippen LogP contribution in [0, 0.1) is 17.8 Å². The zero-order valence-corrected chi connectivity index (χ0v) is 12.0. The molecule has 0 unspecified atom stereocenters. The van der Waals surface area contributed by atoms with Crippen molar-refractivity contribution in [2.75, 3.05) is 13.2 Å². The second-order valence-corrected chi connectivity index (χ2v) is 7.13. The van der Waals surface area contributed by atoms with Crippen molar-refractivity contribution >= 4 is 10.1 Å². The lowest BCUT2D eigenvalue weighted by atomic mass is 9.88. The van der Waals surface area contributed by atoms with Crippen molar-refractivity contribution in [2.24, 2.45) is 17.8 Å². The van der Waals surface area contributed by atoms with Crippen LogP contribution in [0.5, 0.6) is 0 Å². The van der Waals surface area contributed by atoms with Gasteiger partial charge in [0, 0.05) is 18.3 Å². The molecule has 2 fully saturated rings. The van der Waals surface area contributed by atoms with Gasteiger partial charge >= 0.3 is 15.6 Å². The minimum absolute atomic E-state index is 0.138. The maximum Gasteiger partial charge on any atom is 0.534 e. The van der Waals surface area contributed by atoms with E-state index in [1.165, 1.54) is 6.08 Å². The van der Waals surface area contributed by atoms with E-state index in [2.05, 4.69) is 4.18 Å². The molecule has 0 aromatic rings. The summed E-state index contributed by atoms with van der Waals surface area (Å²) in [5.74, 6) is -1.75. The largest absolute Gasteiger partial charge is 0.534 e. The predicted molar refractivity (Wildman–Crippen MR) is 64.2 cm³/mol. The molecule has 0 bridgehead atoms. The summed E-state index contributed by atoms with van der Waals surface area (Å²) in [7, 11) is -5.63. The van der Waals surface area contributed by atoms with E-state index in [4.69, 9.17) is 9.47 Å². The molecule has 0 N–H and O–H groups in total. The van der Waals surface area contributed by atoms with Crippen LogP contribution in [-0.4, -0.2) is 32.9 Å². The Morgan fingerprint density at radius 1 is 1.33 bits per heavy atom. The molecule has 1 saturated heterocycles. The number of hydrogen-bond acceptors (Lipinski definition) is 5. The Morgan fingerprint density at radius 3 is 2.52 bits per heavy atom. The van der Waals surface area contributed by atoms with Crippen LogP contribution < -0.4 is 0 Å². The van der Waals surface area contributed by atoms with Gasteiger partial charge in [-0.3, -0.25) is 0 Å². The minimum atomic E-state index is -5.63. The summed E-state index contributed by atoms with van der Waals surface area (Å²) < 4.78 is 75.3. The fourth-order valence-corrected chi connectivity index (χ4v) is 4.18. The number of ether oxygens (including phenoxy) is 2. The molecule has 0 amide bonds. The van der Waals surface area contributed by atoms with Crippen LogP contribution in [0.15, 0.2) is 11.8 Å². The monoisotopic (exact) mass is 328 g/mol. The van der Waals surface area contributed by atoms with Gasteiger partial charge < -0.3 is 13.7 Å². The topological polar surface area (TPSA) is 61.8 Å². The average Bonchev–Trinajstić information content (AvgIpc) is 3.01. The van der Waals surface area contributed by atoms with Gasteiger partial charge in [-0.25, -0.2) is 0 Å². The lowest BCUT2D eigenvalue weighted by Gasteiger charge is -2.31. The quantitative estimate of drug-likeness (QED) is 0.574. The highest BCUT2D eigenvalue weighted by atomic mass is 32.2. The van der Waals surface area contributed by atoms with Gasteiger partial charge in [-0.2, -0.15) is 21.6 Å². The van der Waals surface area contributed by atoms with Gasteiger partial charge in [0.2, 0.25) is 0 Å². The summed E-state index contributed by atoms with van der Waals surface area (Å²) in [5.41, 5.74) is -5.42. The molecule has 9 heteroatoms. The van der Waals surface area contributed by atoms with Crippen LogP contribution in [0.3, 0.4) is 0 Å². The first-order valence-electron chi connectivity index (χ1n) is 6.67. The number of fused-ring (bicyclic) bond motifs is 2. The second kappa shape index (κ2) is 4.60. The first-order valence-corrected chi connectivity index (χ1v) is 8.07. The van der Waals surface area contributed by atoms with Crippen molar-refractivity contribution in [1.29, 1.82) is 0 Å².